The van der Waals surface area contributed by atoms with Crippen LogP contribution in [0, 0.1) is 11.3 Å². The Kier molecular flexibility index (Phi) is 1.92. The molecule has 0 atom stereocenters. The van der Waals surface area contributed by atoms with Crippen LogP contribution in [0.3, 0.4) is 0 Å². The molecule has 1 heterocycles. The Balaban J connectivity index is 1.64. The van der Waals surface area contributed by atoms with E-state index in [1.165, 1.54) is 19.4 Å². The molecule has 0 amide bonds. The fraction of sp³-hybridized carbons (Fsp3) is 1.00. The third-order valence-corrected chi connectivity index (χ3v) is 3.14. The molecule has 2 fully saturated rings. The van der Waals surface area contributed by atoms with Crippen LogP contribution in [-0.4, -0.2) is 35.7 Å². The first-order valence-corrected chi connectivity index (χ1v) is 4.96. The number of hydrogen-bond donors (Lipinski definition) is 1. The zero-order valence-corrected chi connectivity index (χ0v) is 8.08. The van der Waals surface area contributed by atoms with Crippen LogP contribution >= 0.6 is 0 Å². The fourth-order valence-corrected chi connectivity index (χ4v) is 2.69. The summed E-state index contributed by atoms with van der Waals surface area (Å²) in [5.41, 5.74) is 0.605. The summed E-state index contributed by atoms with van der Waals surface area (Å²) in [5.74, 6) is 0.910. The lowest BCUT2D eigenvalue weighted by Crippen LogP contribution is -2.54. The Bertz CT molecular complexity index is 165. The number of nitrogens with zero attached hydrogens (tertiary/aromatic N) is 1. The Labute approximate surface area is 74.6 Å². The minimum atomic E-state index is -0.0295. The molecule has 2 rings (SSSR count). The first-order chi connectivity index (χ1) is 5.55. The van der Waals surface area contributed by atoms with Crippen LogP contribution in [0.4, 0.5) is 0 Å². The minimum absolute atomic E-state index is 0.0295. The van der Waals surface area contributed by atoms with Gasteiger partial charge in [0, 0.05) is 19.6 Å². The number of likely N-dealkylation sites (tertiary alicyclic amines) is 1. The van der Waals surface area contributed by atoms with Gasteiger partial charge in [-0.15, -0.1) is 0 Å². The molecule has 0 aromatic rings. The summed E-state index contributed by atoms with van der Waals surface area (Å²) < 4.78 is 0. The van der Waals surface area contributed by atoms with E-state index in [-0.39, 0.29) is 6.10 Å². The summed E-state index contributed by atoms with van der Waals surface area (Å²) in [6, 6.07) is 0. The molecule has 1 aliphatic heterocycles. The monoisotopic (exact) mass is 169 g/mol. The normalized spacial score (nSPS) is 31.2. The molecule has 1 aliphatic carbocycles. The van der Waals surface area contributed by atoms with E-state index in [2.05, 4.69) is 18.7 Å². The van der Waals surface area contributed by atoms with Crippen molar-refractivity contribution in [1.82, 2.24) is 4.90 Å². The van der Waals surface area contributed by atoms with Gasteiger partial charge in [0.2, 0.25) is 0 Å². The van der Waals surface area contributed by atoms with Crippen LogP contribution in [0.15, 0.2) is 0 Å². The highest BCUT2D eigenvalue weighted by Gasteiger charge is 2.38. The maximum absolute atomic E-state index is 9.08. The lowest BCUT2D eigenvalue weighted by molar-refractivity contribution is -0.0314. The molecule has 1 N–H and O–H groups in total. The molecule has 0 radical (unpaired) electrons. The summed E-state index contributed by atoms with van der Waals surface area (Å²) in [6.07, 6.45) is 2.72. The van der Waals surface area contributed by atoms with Crippen molar-refractivity contribution in [3.63, 3.8) is 0 Å². The Morgan fingerprint density at radius 2 is 1.92 bits per heavy atom. The summed E-state index contributed by atoms with van der Waals surface area (Å²) in [5, 5.41) is 9.08. The van der Waals surface area contributed by atoms with Gasteiger partial charge in [0.25, 0.3) is 0 Å². The third kappa shape index (κ3) is 1.64. The van der Waals surface area contributed by atoms with Gasteiger partial charge in [-0.3, -0.25) is 4.90 Å². The highest BCUT2D eigenvalue weighted by Crippen LogP contribution is 2.45. The van der Waals surface area contributed by atoms with Gasteiger partial charge in [0.1, 0.15) is 0 Å². The molecule has 2 aliphatic rings. The molecule has 0 aromatic carbocycles. The van der Waals surface area contributed by atoms with Gasteiger partial charge in [-0.2, -0.15) is 0 Å². The second kappa shape index (κ2) is 2.71. The SMILES string of the molecule is CC1(C)CC(CN2CC(O)C2)C1. The van der Waals surface area contributed by atoms with Crippen molar-refractivity contribution in [3.8, 4) is 0 Å². The van der Waals surface area contributed by atoms with Crippen molar-refractivity contribution in [1.29, 1.82) is 0 Å². The van der Waals surface area contributed by atoms with Crippen LogP contribution < -0.4 is 0 Å². The van der Waals surface area contributed by atoms with E-state index in [4.69, 9.17) is 5.11 Å². The smallest absolute Gasteiger partial charge is 0.0793 e. The Hall–Kier alpha value is -0.0800. The minimum Gasteiger partial charge on any atom is -0.390 e. The van der Waals surface area contributed by atoms with Crippen LogP contribution in [0.2, 0.25) is 0 Å². The zero-order valence-electron chi connectivity index (χ0n) is 8.08. The number of aliphatic hydroxyl groups is 1. The van der Waals surface area contributed by atoms with Gasteiger partial charge in [0.05, 0.1) is 6.10 Å². The molecular formula is C10H19NO. The Morgan fingerprint density at radius 1 is 1.33 bits per heavy atom. The van der Waals surface area contributed by atoms with Crippen molar-refractivity contribution >= 4 is 0 Å². The molecule has 70 valence electrons. The van der Waals surface area contributed by atoms with Crippen LogP contribution in [-0.2, 0) is 0 Å². The van der Waals surface area contributed by atoms with Crippen molar-refractivity contribution in [2.75, 3.05) is 19.6 Å². The van der Waals surface area contributed by atoms with E-state index in [0.717, 1.165) is 19.0 Å². The van der Waals surface area contributed by atoms with Crippen LogP contribution in [0.25, 0.3) is 0 Å². The fourth-order valence-electron chi connectivity index (χ4n) is 2.69. The van der Waals surface area contributed by atoms with Crippen molar-refractivity contribution in [2.45, 2.75) is 32.8 Å². The van der Waals surface area contributed by atoms with Crippen molar-refractivity contribution in [2.24, 2.45) is 11.3 Å². The van der Waals surface area contributed by atoms with Crippen molar-refractivity contribution in [3.05, 3.63) is 0 Å². The highest BCUT2D eigenvalue weighted by atomic mass is 16.3. The van der Waals surface area contributed by atoms with E-state index < -0.39 is 0 Å². The molecule has 0 spiro atoms. The zero-order chi connectivity index (χ0) is 8.77. The summed E-state index contributed by atoms with van der Waals surface area (Å²) in [4.78, 5) is 2.37. The summed E-state index contributed by atoms with van der Waals surface area (Å²) in [6.45, 7) is 7.73. The first-order valence-electron chi connectivity index (χ1n) is 4.96. The molecule has 0 unspecified atom stereocenters. The topological polar surface area (TPSA) is 23.5 Å². The van der Waals surface area contributed by atoms with Gasteiger partial charge in [-0.25, -0.2) is 0 Å². The quantitative estimate of drug-likeness (QED) is 0.669. The molecule has 12 heavy (non-hydrogen) atoms. The molecule has 0 aromatic heterocycles. The molecular weight excluding hydrogens is 150 g/mol. The number of rotatable bonds is 2. The van der Waals surface area contributed by atoms with Gasteiger partial charge in [-0.1, -0.05) is 13.8 Å². The van der Waals surface area contributed by atoms with Gasteiger partial charge < -0.3 is 5.11 Å². The van der Waals surface area contributed by atoms with Crippen molar-refractivity contribution < 1.29 is 5.11 Å². The Morgan fingerprint density at radius 3 is 2.33 bits per heavy atom. The lowest BCUT2D eigenvalue weighted by atomic mass is 9.64. The summed E-state index contributed by atoms with van der Waals surface area (Å²) >= 11 is 0. The predicted molar refractivity (Wildman–Crippen MR) is 49.0 cm³/mol. The van der Waals surface area contributed by atoms with Crippen LogP contribution in [0.1, 0.15) is 26.7 Å². The summed E-state index contributed by atoms with van der Waals surface area (Å²) in [7, 11) is 0. The van der Waals surface area contributed by atoms with E-state index in [1.54, 1.807) is 0 Å². The average molecular weight is 169 g/mol. The number of aliphatic hydroxyl groups excluding tert-OH is 1. The standard InChI is InChI=1S/C10H19NO/c1-10(2)3-8(4-10)5-11-6-9(12)7-11/h8-9,12H,3-7H2,1-2H3. The lowest BCUT2D eigenvalue weighted by Gasteiger charge is -2.47. The molecule has 1 saturated heterocycles. The number of β-amino-alcohol motifs (C(OH)–C–C–N with tert-alkyl or cyclic N) is 1. The maximum atomic E-state index is 9.08. The van der Waals surface area contributed by atoms with Gasteiger partial charge in [0.15, 0.2) is 0 Å². The van der Waals surface area contributed by atoms with Crippen LogP contribution in [0.5, 0.6) is 0 Å². The average Bonchev–Trinajstić information content (AvgIpc) is 1.80. The second-order valence-corrected chi connectivity index (χ2v) is 5.31. The maximum Gasteiger partial charge on any atom is 0.0793 e. The third-order valence-electron chi connectivity index (χ3n) is 3.14. The first kappa shape index (κ1) is 8.52. The highest BCUT2D eigenvalue weighted by molar-refractivity contribution is 4.90. The number of hydrogen-bond acceptors (Lipinski definition) is 2. The largest absolute Gasteiger partial charge is 0.390 e. The predicted octanol–water partition coefficient (Wildman–Crippen LogP) is 1.10. The van der Waals surface area contributed by atoms with E-state index in [0.29, 0.717) is 5.41 Å². The molecule has 2 heteroatoms. The van der Waals surface area contributed by atoms with Gasteiger partial charge in [-0.05, 0) is 24.2 Å². The van der Waals surface area contributed by atoms with E-state index in [1.807, 2.05) is 0 Å². The van der Waals surface area contributed by atoms with E-state index >= 15 is 0 Å². The molecule has 2 nitrogen and oxygen atoms in total. The second-order valence-electron chi connectivity index (χ2n) is 5.31. The van der Waals surface area contributed by atoms with E-state index in [9.17, 15) is 0 Å². The molecule has 0 bridgehead atoms. The van der Waals surface area contributed by atoms with Gasteiger partial charge >= 0.3 is 0 Å². The molecule has 1 saturated carbocycles.